The van der Waals surface area contributed by atoms with Gasteiger partial charge in [0.1, 0.15) is 11.3 Å². The summed E-state index contributed by atoms with van der Waals surface area (Å²) in [6.45, 7) is 1.96. The Kier molecular flexibility index (Phi) is 5.31. The van der Waals surface area contributed by atoms with Crippen LogP contribution in [0.15, 0.2) is 12.1 Å². The van der Waals surface area contributed by atoms with Gasteiger partial charge < -0.3 is 15.6 Å². The summed E-state index contributed by atoms with van der Waals surface area (Å²) < 4.78 is 37.9. The Labute approximate surface area is 126 Å². The van der Waals surface area contributed by atoms with Gasteiger partial charge in [-0.3, -0.25) is 4.79 Å². The summed E-state index contributed by atoms with van der Waals surface area (Å²) in [7, 11) is 1.58. The van der Waals surface area contributed by atoms with E-state index < -0.39 is 18.1 Å². The average Bonchev–Trinajstić information content (AvgIpc) is 2.85. The fourth-order valence-corrected chi connectivity index (χ4v) is 2.28. The van der Waals surface area contributed by atoms with Crippen LogP contribution in [0, 0.1) is 6.92 Å². The van der Waals surface area contributed by atoms with Crippen LogP contribution in [0.5, 0.6) is 5.75 Å². The van der Waals surface area contributed by atoms with Gasteiger partial charge >= 0.3 is 12.1 Å². The molecule has 3 N–H and O–H groups in total. The van der Waals surface area contributed by atoms with E-state index >= 15 is 0 Å². The number of fused-ring (bicyclic) bond motifs is 1. The van der Waals surface area contributed by atoms with Crippen LogP contribution in [0.1, 0.15) is 15.4 Å². The Hall–Kier alpha value is -2.36. The zero-order valence-electron chi connectivity index (χ0n) is 11.4. The van der Waals surface area contributed by atoms with Crippen molar-refractivity contribution in [1.29, 1.82) is 0 Å². The first-order chi connectivity index (χ1) is 10.1. The molecule has 0 aliphatic heterocycles. The van der Waals surface area contributed by atoms with Crippen molar-refractivity contribution in [2.75, 3.05) is 7.11 Å². The number of hydrogen-bond donors (Lipinski definition) is 2. The molecule has 0 unspecified atom stereocenters. The third-order valence-electron chi connectivity index (χ3n) is 2.38. The van der Waals surface area contributed by atoms with Gasteiger partial charge in [-0.1, -0.05) is 6.07 Å². The molecule has 0 atom stereocenters. The number of primary amides is 1. The van der Waals surface area contributed by atoms with Crippen LogP contribution in [0.25, 0.3) is 10.2 Å². The Morgan fingerprint density at radius 3 is 2.32 bits per heavy atom. The number of alkyl halides is 3. The number of amides is 1. The number of aryl methyl sites for hydroxylation is 1. The van der Waals surface area contributed by atoms with Crippen molar-refractivity contribution in [3.8, 4) is 5.75 Å². The molecule has 1 aromatic heterocycles. The molecule has 1 amide bonds. The second kappa shape index (κ2) is 6.60. The predicted octanol–water partition coefficient (Wildman–Crippen LogP) is 2.35. The molecule has 0 spiro atoms. The number of hydrogen-bond acceptors (Lipinski definition) is 5. The number of methoxy groups -OCH3 is 1. The number of nitrogens with two attached hydrogens (primary N) is 1. The number of rotatable bonds is 2. The highest BCUT2D eigenvalue weighted by Gasteiger charge is 2.38. The fourth-order valence-electron chi connectivity index (χ4n) is 1.38. The lowest BCUT2D eigenvalue weighted by molar-refractivity contribution is -0.192. The highest BCUT2D eigenvalue weighted by molar-refractivity contribution is 7.20. The van der Waals surface area contributed by atoms with E-state index in [1.54, 1.807) is 7.11 Å². The standard InChI is InChI=1S/C10H10N2O2S.C2HF3O2/c1-5-3-4-6(14-2)7-8(5)15-10(12-7)9(11)13;3-2(4,5)1(6)7/h3-4H,1-2H3,(H2,11,13);(H,6,7). The number of carbonyl (C=O) groups is 2. The smallest absolute Gasteiger partial charge is 0.490 e. The molecule has 6 nitrogen and oxygen atoms in total. The molecule has 0 radical (unpaired) electrons. The van der Waals surface area contributed by atoms with Gasteiger partial charge in [-0.15, -0.1) is 11.3 Å². The van der Waals surface area contributed by atoms with Gasteiger partial charge in [-0.05, 0) is 18.6 Å². The van der Waals surface area contributed by atoms with Gasteiger partial charge in [-0.2, -0.15) is 13.2 Å². The lowest BCUT2D eigenvalue weighted by Gasteiger charge is -2.01. The number of halogens is 3. The first-order valence-electron chi connectivity index (χ1n) is 5.62. The molecule has 1 heterocycles. The molecule has 0 bridgehead atoms. The second-order valence-corrected chi connectivity index (χ2v) is 4.95. The number of aliphatic carboxylic acids is 1. The minimum absolute atomic E-state index is 0.317. The highest BCUT2D eigenvalue weighted by Crippen LogP contribution is 2.32. The Morgan fingerprint density at radius 1 is 1.36 bits per heavy atom. The summed E-state index contributed by atoms with van der Waals surface area (Å²) in [5.41, 5.74) is 6.96. The third-order valence-corrected chi connectivity index (χ3v) is 3.58. The topological polar surface area (TPSA) is 103 Å². The van der Waals surface area contributed by atoms with Crippen molar-refractivity contribution in [1.82, 2.24) is 4.98 Å². The van der Waals surface area contributed by atoms with E-state index in [4.69, 9.17) is 20.4 Å². The number of carboxylic acids is 1. The van der Waals surface area contributed by atoms with Gasteiger partial charge in [0.2, 0.25) is 0 Å². The molecule has 2 aromatic rings. The van der Waals surface area contributed by atoms with Crippen LogP contribution in [0.2, 0.25) is 0 Å². The van der Waals surface area contributed by atoms with E-state index in [1.165, 1.54) is 11.3 Å². The van der Waals surface area contributed by atoms with Crippen molar-refractivity contribution in [2.45, 2.75) is 13.1 Å². The fraction of sp³-hybridized carbons (Fsp3) is 0.250. The maximum absolute atomic E-state index is 11.0. The first-order valence-corrected chi connectivity index (χ1v) is 6.43. The SMILES string of the molecule is COc1ccc(C)c2sc(C(N)=O)nc12.O=C(O)C(F)(F)F. The molecule has 0 saturated carbocycles. The van der Waals surface area contributed by atoms with Crippen molar-refractivity contribution >= 4 is 33.4 Å². The van der Waals surface area contributed by atoms with E-state index in [-0.39, 0.29) is 0 Å². The van der Waals surface area contributed by atoms with Crippen LogP contribution < -0.4 is 10.5 Å². The van der Waals surface area contributed by atoms with Crippen LogP contribution in [0.3, 0.4) is 0 Å². The largest absolute Gasteiger partial charge is 0.494 e. The zero-order chi connectivity index (χ0) is 17.1. The van der Waals surface area contributed by atoms with E-state index in [9.17, 15) is 18.0 Å². The number of ether oxygens (including phenoxy) is 1. The van der Waals surface area contributed by atoms with Crippen LogP contribution in [-0.2, 0) is 4.79 Å². The first kappa shape index (κ1) is 17.7. The lowest BCUT2D eigenvalue weighted by Crippen LogP contribution is -2.21. The van der Waals surface area contributed by atoms with Crippen molar-refractivity contribution in [3.05, 3.63) is 22.7 Å². The van der Waals surface area contributed by atoms with Crippen LogP contribution in [-0.4, -0.2) is 35.3 Å². The number of aromatic nitrogens is 1. The summed E-state index contributed by atoms with van der Waals surface area (Å²) in [5.74, 6) is -2.59. The summed E-state index contributed by atoms with van der Waals surface area (Å²) in [6, 6.07) is 3.77. The Morgan fingerprint density at radius 2 is 1.91 bits per heavy atom. The molecular weight excluding hydrogens is 325 g/mol. The molecular formula is C12H11F3N2O4S. The molecule has 0 aliphatic rings. The van der Waals surface area contributed by atoms with E-state index in [2.05, 4.69) is 4.98 Å². The van der Waals surface area contributed by atoms with Crippen molar-refractivity contribution in [2.24, 2.45) is 5.73 Å². The molecule has 10 heteroatoms. The third kappa shape index (κ3) is 4.07. The molecule has 0 saturated heterocycles. The lowest BCUT2D eigenvalue weighted by atomic mass is 10.2. The number of carbonyl (C=O) groups excluding carboxylic acids is 1. The van der Waals surface area contributed by atoms with Crippen molar-refractivity contribution < 1.29 is 32.6 Å². The zero-order valence-corrected chi connectivity index (χ0v) is 12.2. The summed E-state index contributed by atoms with van der Waals surface area (Å²) in [5, 5.41) is 7.44. The van der Waals surface area contributed by atoms with Gasteiger partial charge in [0.25, 0.3) is 5.91 Å². The number of carboxylic acid groups (broad SMARTS) is 1. The maximum Gasteiger partial charge on any atom is 0.490 e. The van der Waals surface area contributed by atoms with Crippen molar-refractivity contribution in [3.63, 3.8) is 0 Å². The molecule has 0 aliphatic carbocycles. The van der Waals surface area contributed by atoms with Crippen LogP contribution in [0.4, 0.5) is 13.2 Å². The summed E-state index contributed by atoms with van der Waals surface area (Å²) in [6.07, 6.45) is -5.08. The quantitative estimate of drug-likeness (QED) is 0.876. The van der Waals surface area contributed by atoms with E-state index in [0.29, 0.717) is 16.3 Å². The maximum atomic E-state index is 11.0. The molecule has 22 heavy (non-hydrogen) atoms. The number of benzene rings is 1. The minimum atomic E-state index is -5.08. The Balaban J connectivity index is 0.000000295. The van der Waals surface area contributed by atoms with Crippen LogP contribution >= 0.6 is 11.3 Å². The molecule has 0 fully saturated rings. The van der Waals surface area contributed by atoms with Gasteiger partial charge in [0.05, 0.1) is 11.8 Å². The number of nitrogens with zero attached hydrogens (tertiary/aromatic N) is 1. The molecule has 120 valence electrons. The summed E-state index contributed by atoms with van der Waals surface area (Å²) in [4.78, 5) is 24.1. The van der Waals surface area contributed by atoms with E-state index in [1.807, 2.05) is 19.1 Å². The van der Waals surface area contributed by atoms with E-state index in [0.717, 1.165) is 10.3 Å². The monoisotopic (exact) mass is 336 g/mol. The molecule has 1 aromatic carbocycles. The predicted molar refractivity (Wildman–Crippen MR) is 73.1 cm³/mol. The Bertz CT molecular complexity index is 712. The molecule has 2 rings (SSSR count). The number of thiazole rings is 1. The minimum Gasteiger partial charge on any atom is -0.494 e. The second-order valence-electron chi connectivity index (χ2n) is 3.95. The summed E-state index contributed by atoms with van der Waals surface area (Å²) >= 11 is 1.30. The highest BCUT2D eigenvalue weighted by atomic mass is 32.1. The van der Waals surface area contributed by atoms with Gasteiger partial charge in [0.15, 0.2) is 5.01 Å². The average molecular weight is 336 g/mol. The normalized spacial score (nSPS) is 10.8. The van der Waals surface area contributed by atoms with Gasteiger partial charge in [-0.25, -0.2) is 9.78 Å². The van der Waals surface area contributed by atoms with Gasteiger partial charge in [0, 0.05) is 0 Å².